The number of carbonyl (C=O) groups is 2. The highest BCUT2D eigenvalue weighted by Crippen LogP contribution is 2.11. The molecule has 0 saturated carbocycles. The second-order valence-electron chi connectivity index (χ2n) is 5.00. The van der Waals surface area contributed by atoms with Crippen LogP contribution in [0.5, 0.6) is 0 Å². The van der Waals surface area contributed by atoms with E-state index in [1.54, 1.807) is 0 Å². The van der Waals surface area contributed by atoms with Crippen LogP contribution < -0.4 is 5.32 Å². The summed E-state index contributed by atoms with van der Waals surface area (Å²) in [4.78, 5) is 22.7. The Labute approximate surface area is 115 Å². The van der Waals surface area contributed by atoms with Gasteiger partial charge in [-0.1, -0.05) is 19.9 Å². The van der Waals surface area contributed by atoms with Crippen LogP contribution in [0.2, 0.25) is 0 Å². The van der Waals surface area contributed by atoms with Gasteiger partial charge in [0.25, 0.3) is 0 Å². The van der Waals surface area contributed by atoms with E-state index in [0.717, 1.165) is 6.07 Å². The molecule has 4 nitrogen and oxygen atoms in total. The van der Waals surface area contributed by atoms with E-state index in [4.69, 9.17) is 5.11 Å². The van der Waals surface area contributed by atoms with Gasteiger partial charge in [-0.25, -0.2) is 13.6 Å². The molecular formula is C14H17F2NO3. The van der Waals surface area contributed by atoms with Crippen molar-refractivity contribution in [2.24, 2.45) is 5.92 Å². The smallest absolute Gasteiger partial charge is 0.326 e. The third kappa shape index (κ3) is 4.95. The van der Waals surface area contributed by atoms with Crippen molar-refractivity contribution in [1.29, 1.82) is 0 Å². The molecule has 0 unspecified atom stereocenters. The zero-order valence-corrected chi connectivity index (χ0v) is 11.3. The lowest BCUT2D eigenvalue weighted by atomic mass is 10.0. The van der Waals surface area contributed by atoms with E-state index >= 15 is 0 Å². The summed E-state index contributed by atoms with van der Waals surface area (Å²) in [6.45, 7) is 3.67. The molecule has 0 heterocycles. The number of nitrogens with one attached hydrogen (secondary N) is 1. The fraction of sp³-hybridized carbons (Fsp3) is 0.429. The van der Waals surface area contributed by atoms with Crippen LogP contribution in [0.15, 0.2) is 18.2 Å². The van der Waals surface area contributed by atoms with Crippen molar-refractivity contribution in [3.05, 3.63) is 35.4 Å². The van der Waals surface area contributed by atoms with Crippen LogP contribution in [0.25, 0.3) is 0 Å². The van der Waals surface area contributed by atoms with Crippen molar-refractivity contribution >= 4 is 11.9 Å². The van der Waals surface area contributed by atoms with E-state index in [-0.39, 0.29) is 24.3 Å². The van der Waals surface area contributed by atoms with E-state index in [9.17, 15) is 18.4 Å². The molecule has 0 fully saturated rings. The highest BCUT2D eigenvalue weighted by atomic mass is 19.1. The minimum absolute atomic E-state index is 0.0255. The van der Waals surface area contributed by atoms with Gasteiger partial charge in [-0.15, -0.1) is 0 Å². The summed E-state index contributed by atoms with van der Waals surface area (Å²) in [5.74, 6) is -3.19. The molecule has 110 valence electrons. The van der Waals surface area contributed by atoms with Gasteiger partial charge in [-0.05, 0) is 24.0 Å². The molecule has 0 aliphatic rings. The minimum Gasteiger partial charge on any atom is -0.480 e. The highest BCUT2D eigenvalue weighted by molar-refractivity contribution is 5.84. The summed E-state index contributed by atoms with van der Waals surface area (Å²) in [6, 6.07) is 1.90. The van der Waals surface area contributed by atoms with Gasteiger partial charge in [0.15, 0.2) is 0 Å². The number of carboxylic acid groups (broad SMARTS) is 1. The highest BCUT2D eigenvalue weighted by Gasteiger charge is 2.21. The van der Waals surface area contributed by atoms with Crippen LogP contribution in [0, 0.1) is 17.6 Å². The lowest BCUT2D eigenvalue weighted by Gasteiger charge is -2.16. The Morgan fingerprint density at radius 1 is 1.30 bits per heavy atom. The van der Waals surface area contributed by atoms with E-state index in [2.05, 4.69) is 5.32 Å². The fourth-order valence-electron chi connectivity index (χ4n) is 1.78. The first-order valence-corrected chi connectivity index (χ1v) is 6.25. The maximum Gasteiger partial charge on any atom is 0.326 e. The van der Waals surface area contributed by atoms with Crippen molar-refractivity contribution in [3.8, 4) is 0 Å². The Kier molecular flexibility index (Phi) is 5.61. The molecule has 0 aromatic heterocycles. The van der Waals surface area contributed by atoms with Crippen LogP contribution >= 0.6 is 0 Å². The van der Waals surface area contributed by atoms with Gasteiger partial charge in [0.2, 0.25) is 5.91 Å². The molecule has 1 atom stereocenters. The lowest BCUT2D eigenvalue weighted by Crippen LogP contribution is -2.42. The average Bonchev–Trinajstić information content (AvgIpc) is 2.31. The van der Waals surface area contributed by atoms with Crippen molar-refractivity contribution in [3.63, 3.8) is 0 Å². The second kappa shape index (κ2) is 6.98. The topological polar surface area (TPSA) is 66.4 Å². The molecule has 1 aromatic rings. The Bertz CT molecular complexity index is 503. The molecule has 0 spiro atoms. The summed E-state index contributed by atoms with van der Waals surface area (Å²) >= 11 is 0. The Morgan fingerprint density at radius 2 is 1.95 bits per heavy atom. The van der Waals surface area contributed by atoms with Crippen molar-refractivity contribution < 1.29 is 23.5 Å². The van der Waals surface area contributed by atoms with Gasteiger partial charge in [-0.3, -0.25) is 4.79 Å². The van der Waals surface area contributed by atoms with Gasteiger partial charge >= 0.3 is 5.97 Å². The van der Waals surface area contributed by atoms with Crippen LogP contribution in [-0.2, 0) is 16.0 Å². The van der Waals surface area contributed by atoms with Crippen LogP contribution in [-0.4, -0.2) is 23.0 Å². The van der Waals surface area contributed by atoms with Crippen LogP contribution in [0.4, 0.5) is 8.78 Å². The summed E-state index contributed by atoms with van der Waals surface area (Å²) in [7, 11) is 0. The number of halogens is 2. The van der Waals surface area contributed by atoms with Crippen molar-refractivity contribution in [1.82, 2.24) is 5.32 Å². The largest absolute Gasteiger partial charge is 0.480 e. The quantitative estimate of drug-likeness (QED) is 0.841. The summed E-state index contributed by atoms with van der Waals surface area (Å²) in [5.41, 5.74) is 0.0255. The molecule has 1 rings (SSSR count). The number of aliphatic carboxylic acids is 1. The van der Waals surface area contributed by atoms with E-state index in [1.807, 2.05) is 13.8 Å². The molecule has 6 heteroatoms. The zero-order valence-electron chi connectivity index (χ0n) is 11.3. The zero-order chi connectivity index (χ0) is 15.3. The number of rotatable bonds is 6. The molecular weight excluding hydrogens is 268 g/mol. The normalized spacial score (nSPS) is 12.2. The summed E-state index contributed by atoms with van der Waals surface area (Å²) in [5, 5.41) is 11.3. The molecule has 0 aliphatic carbocycles. The van der Waals surface area contributed by atoms with Gasteiger partial charge < -0.3 is 10.4 Å². The Hall–Kier alpha value is -1.98. The van der Waals surface area contributed by atoms with Gasteiger partial charge in [0.05, 0.1) is 6.42 Å². The number of benzene rings is 1. The molecule has 0 radical (unpaired) electrons. The summed E-state index contributed by atoms with van der Waals surface area (Å²) < 4.78 is 26.1. The van der Waals surface area contributed by atoms with Crippen LogP contribution in [0.3, 0.4) is 0 Å². The SMILES string of the molecule is CC(C)C[C@H](NC(=O)Cc1ccc(F)cc1F)C(=O)O. The molecule has 1 amide bonds. The van der Waals surface area contributed by atoms with Gasteiger partial charge in [0.1, 0.15) is 17.7 Å². The lowest BCUT2D eigenvalue weighted by molar-refractivity contribution is -0.142. The molecule has 2 N–H and O–H groups in total. The molecule has 0 saturated heterocycles. The number of amides is 1. The maximum absolute atomic E-state index is 13.4. The third-order valence-corrected chi connectivity index (χ3v) is 2.71. The van der Waals surface area contributed by atoms with E-state index in [1.165, 1.54) is 6.07 Å². The number of hydrogen-bond donors (Lipinski definition) is 2. The first-order chi connectivity index (χ1) is 9.29. The molecule has 20 heavy (non-hydrogen) atoms. The molecule has 1 aromatic carbocycles. The Balaban J connectivity index is 2.68. The fourth-order valence-corrected chi connectivity index (χ4v) is 1.78. The van der Waals surface area contributed by atoms with Gasteiger partial charge in [0, 0.05) is 6.07 Å². The molecule has 0 bridgehead atoms. The Morgan fingerprint density at radius 3 is 2.45 bits per heavy atom. The van der Waals surface area contributed by atoms with Crippen molar-refractivity contribution in [2.45, 2.75) is 32.7 Å². The predicted octanol–water partition coefficient (Wildman–Crippen LogP) is 2.12. The number of carboxylic acids is 1. The number of carbonyl (C=O) groups excluding carboxylic acids is 1. The third-order valence-electron chi connectivity index (χ3n) is 2.71. The second-order valence-corrected chi connectivity index (χ2v) is 5.00. The first-order valence-electron chi connectivity index (χ1n) is 6.25. The standard InChI is InChI=1S/C14H17F2NO3/c1-8(2)5-12(14(19)20)17-13(18)6-9-3-4-10(15)7-11(9)16/h3-4,7-8,12H,5-6H2,1-2H3,(H,17,18)(H,19,20)/t12-/m0/s1. The molecule has 0 aliphatic heterocycles. The monoisotopic (exact) mass is 285 g/mol. The maximum atomic E-state index is 13.4. The summed E-state index contributed by atoms with van der Waals surface area (Å²) in [6.07, 6.45) is -0.0407. The average molecular weight is 285 g/mol. The first kappa shape index (κ1) is 16.1. The van der Waals surface area contributed by atoms with E-state index in [0.29, 0.717) is 6.07 Å². The number of hydrogen-bond acceptors (Lipinski definition) is 2. The van der Waals surface area contributed by atoms with Gasteiger partial charge in [-0.2, -0.15) is 0 Å². The van der Waals surface area contributed by atoms with E-state index < -0.39 is 29.6 Å². The van der Waals surface area contributed by atoms with Crippen molar-refractivity contribution in [2.75, 3.05) is 0 Å². The predicted molar refractivity (Wildman–Crippen MR) is 69.1 cm³/mol. The minimum atomic E-state index is -1.13. The van der Waals surface area contributed by atoms with Crippen LogP contribution in [0.1, 0.15) is 25.8 Å².